The lowest BCUT2D eigenvalue weighted by Crippen LogP contribution is -2.30. The SMILES string of the molecule is CC(=N)N1CCCSCC1. The summed E-state index contributed by atoms with van der Waals surface area (Å²) in [7, 11) is 0. The highest BCUT2D eigenvalue weighted by atomic mass is 32.2. The third-order valence-corrected chi connectivity index (χ3v) is 2.75. The average molecular weight is 158 g/mol. The molecule has 1 heterocycles. The van der Waals surface area contributed by atoms with Crippen LogP contribution in [0.3, 0.4) is 0 Å². The summed E-state index contributed by atoms with van der Waals surface area (Å²) in [4.78, 5) is 2.15. The van der Waals surface area contributed by atoms with Crippen molar-refractivity contribution in [2.45, 2.75) is 13.3 Å². The highest BCUT2D eigenvalue weighted by Crippen LogP contribution is 2.09. The number of rotatable bonds is 0. The molecule has 0 aromatic rings. The van der Waals surface area contributed by atoms with Gasteiger partial charge in [0.05, 0.1) is 5.84 Å². The van der Waals surface area contributed by atoms with E-state index in [0.29, 0.717) is 0 Å². The molecule has 10 heavy (non-hydrogen) atoms. The summed E-state index contributed by atoms with van der Waals surface area (Å²) < 4.78 is 0. The van der Waals surface area contributed by atoms with E-state index in [1.165, 1.54) is 17.9 Å². The first kappa shape index (κ1) is 7.92. The average Bonchev–Trinajstić information content (AvgIpc) is 2.12. The van der Waals surface area contributed by atoms with Crippen LogP contribution in [0, 0.1) is 5.41 Å². The normalized spacial score (nSPS) is 20.3. The van der Waals surface area contributed by atoms with Crippen molar-refractivity contribution in [2.24, 2.45) is 0 Å². The van der Waals surface area contributed by atoms with Crippen molar-refractivity contribution < 1.29 is 0 Å². The van der Waals surface area contributed by atoms with Gasteiger partial charge in [-0.15, -0.1) is 0 Å². The van der Waals surface area contributed by atoms with Crippen LogP contribution in [0.2, 0.25) is 0 Å². The van der Waals surface area contributed by atoms with Crippen LogP contribution in [0.1, 0.15) is 13.3 Å². The minimum Gasteiger partial charge on any atom is -0.360 e. The van der Waals surface area contributed by atoms with Crippen molar-refractivity contribution in [3.05, 3.63) is 0 Å². The fraction of sp³-hybridized carbons (Fsp3) is 0.857. The number of amidine groups is 1. The van der Waals surface area contributed by atoms with Crippen molar-refractivity contribution >= 4 is 17.6 Å². The summed E-state index contributed by atoms with van der Waals surface area (Å²) in [5.74, 6) is 3.18. The predicted molar refractivity (Wildman–Crippen MR) is 46.9 cm³/mol. The van der Waals surface area contributed by atoms with Crippen molar-refractivity contribution in [2.75, 3.05) is 24.6 Å². The van der Waals surface area contributed by atoms with Gasteiger partial charge in [-0.25, -0.2) is 0 Å². The van der Waals surface area contributed by atoms with Gasteiger partial charge in [0.15, 0.2) is 0 Å². The Morgan fingerprint density at radius 2 is 2.20 bits per heavy atom. The molecule has 0 aliphatic carbocycles. The Morgan fingerprint density at radius 3 is 2.90 bits per heavy atom. The highest BCUT2D eigenvalue weighted by Gasteiger charge is 2.07. The molecule has 1 aliphatic heterocycles. The largest absolute Gasteiger partial charge is 0.360 e. The van der Waals surface area contributed by atoms with E-state index in [0.717, 1.165) is 18.9 Å². The fourth-order valence-corrected chi connectivity index (χ4v) is 1.97. The van der Waals surface area contributed by atoms with Gasteiger partial charge in [-0.05, 0) is 19.1 Å². The Labute approximate surface area is 66.5 Å². The zero-order chi connectivity index (χ0) is 7.40. The van der Waals surface area contributed by atoms with Crippen LogP contribution >= 0.6 is 11.8 Å². The first-order valence-electron chi connectivity index (χ1n) is 3.68. The summed E-state index contributed by atoms with van der Waals surface area (Å²) >= 11 is 2.00. The molecule has 2 nitrogen and oxygen atoms in total. The van der Waals surface area contributed by atoms with Gasteiger partial charge >= 0.3 is 0 Å². The van der Waals surface area contributed by atoms with Gasteiger partial charge in [-0.3, -0.25) is 5.41 Å². The van der Waals surface area contributed by atoms with Crippen LogP contribution in [-0.4, -0.2) is 35.3 Å². The Morgan fingerprint density at radius 1 is 1.40 bits per heavy atom. The summed E-state index contributed by atoms with van der Waals surface area (Å²) in [6.07, 6.45) is 1.24. The molecule has 1 saturated heterocycles. The van der Waals surface area contributed by atoms with E-state index >= 15 is 0 Å². The topological polar surface area (TPSA) is 27.1 Å². The van der Waals surface area contributed by atoms with E-state index in [1.807, 2.05) is 18.7 Å². The molecule has 0 aromatic heterocycles. The molecular formula is C7H14N2S. The van der Waals surface area contributed by atoms with E-state index in [-0.39, 0.29) is 0 Å². The van der Waals surface area contributed by atoms with Gasteiger partial charge in [-0.2, -0.15) is 11.8 Å². The predicted octanol–water partition coefficient (Wildman–Crippen LogP) is 1.42. The van der Waals surface area contributed by atoms with E-state index in [4.69, 9.17) is 5.41 Å². The van der Waals surface area contributed by atoms with Crippen LogP contribution in [0.5, 0.6) is 0 Å². The number of thioether (sulfide) groups is 1. The van der Waals surface area contributed by atoms with Crippen molar-refractivity contribution in [3.63, 3.8) is 0 Å². The second kappa shape index (κ2) is 3.86. The van der Waals surface area contributed by atoms with Gasteiger partial charge in [-0.1, -0.05) is 0 Å². The molecule has 58 valence electrons. The molecule has 1 N–H and O–H groups in total. The molecule has 0 atom stereocenters. The minimum absolute atomic E-state index is 0.725. The van der Waals surface area contributed by atoms with Crippen molar-refractivity contribution in [1.29, 1.82) is 5.41 Å². The molecule has 0 spiro atoms. The van der Waals surface area contributed by atoms with Crippen molar-refractivity contribution in [3.8, 4) is 0 Å². The molecule has 0 saturated carbocycles. The zero-order valence-corrected chi connectivity index (χ0v) is 7.21. The highest BCUT2D eigenvalue weighted by molar-refractivity contribution is 7.99. The summed E-state index contributed by atoms with van der Waals surface area (Å²) in [6.45, 7) is 4.03. The zero-order valence-electron chi connectivity index (χ0n) is 6.39. The Bertz CT molecular complexity index is 117. The summed E-state index contributed by atoms with van der Waals surface area (Å²) in [6, 6.07) is 0. The number of nitrogens with zero attached hydrogens (tertiary/aromatic N) is 1. The van der Waals surface area contributed by atoms with Gasteiger partial charge in [0.2, 0.25) is 0 Å². The van der Waals surface area contributed by atoms with Gasteiger partial charge in [0, 0.05) is 18.8 Å². The third-order valence-electron chi connectivity index (χ3n) is 1.70. The number of hydrogen-bond donors (Lipinski definition) is 1. The van der Waals surface area contributed by atoms with E-state index < -0.39 is 0 Å². The van der Waals surface area contributed by atoms with Gasteiger partial charge in [0.1, 0.15) is 0 Å². The number of hydrogen-bond acceptors (Lipinski definition) is 2. The monoisotopic (exact) mass is 158 g/mol. The first-order chi connectivity index (χ1) is 4.80. The van der Waals surface area contributed by atoms with E-state index in [1.54, 1.807) is 0 Å². The molecule has 0 amide bonds. The molecule has 0 unspecified atom stereocenters. The maximum atomic E-state index is 7.40. The Hall–Kier alpha value is -0.180. The van der Waals surface area contributed by atoms with Gasteiger partial charge in [0.25, 0.3) is 0 Å². The van der Waals surface area contributed by atoms with Crippen LogP contribution in [0.4, 0.5) is 0 Å². The second-order valence-corrected chi connectivity index (χ2v) is 3.76. The van der Waals surface area contributed by atoms with E-state index in [9.17, 15) is 0 Å². The Kier molecular flexibility index (Phi) is 3.06. The van der Waals surface area contributed by atoms with Crippen LogP contribution < -0.4 is 0 Å². The minimum atomic E-state index is 0.725. The fourth-order valence-electron chi connectivity index (χ4n) is 1.08. The maximum absolute atomic E-state index is 7.40. The quantitative estimate of drug-likeness (QED) is 0.426. The molecule has 1 fully saturated rings. The molecule has 0 radical (unpaired) electrons. The summed E-state index contributed by atoms with van der Waals surface area (Å²) in [5.41, 5.74) is 0. The maximum Gasteiger partial charge on any atom is 0.0926 e. The smallest absolute Gasteiger partial charge is 0.0926 e. The lowest BCUT2D eigenvalue weighted by molar-refractivity contribution is 0.445. The molecular weight excluding hydrogens is 144 g/mol. The van der Waals surface area contributed by atoms with Crippen LogP contribution in [0.15, 0.2) is 0 Å². The lowest BCUT2D eigenvalue weighted by Gasteiger charge is -2.19. The standard InChI is InChI=1S/C7H14N2S/c1-7(8)9-3-2-5-10-6-4-9/h8H,2-6H2,1H3. The summed E-state index contributed by atoms with van der Waals surface area (Å²) in [5, 5.41) is 7.40. The van der Waals surface area contributed by atoms with Crippen LogP contribution in [0.25, 0.3) is 0 Å². The Balaban J connectivity index is 2.35. The third kappa shape index (κ3) is 2.21. The van der Waals surface area contributed by atoms with Gasteiger partial charge < -0.3 is 4.90 Å². The molecule has 3 heteroatoms. The molecule has 0 aromatic carbocycles. The second-order valence-electron chi connectivity index (χ2n) is 2.54. The van der Waals surface area contributed by atoms with Crippen LogP contribution in [-0.2, 0) is 0 Å². The van der Waals surface area contributed by atoms with Crippen molar-refractivity contribution in [1.82, 2.24) is 4.90 Å². The van der Waals surface area contributed by atoms with E-state index in [2.05, 4.69) is 4.90 Å². The first-order valence-corrected chi connectivity index (χ1v) is 4.84. The molecule has 0 bridgehead atoms. The molecule has 1 aliphatic rings. The number of nitrogens with one attached hydrogen (secondary N) is 1. The lowest BCUT2D eigenvalue weighted by atomic mass is 10.4. The molecule has 1 rings (SSSR count).